The van der Waals surface area contributed by atoms with Crippen molar-refractivity contribution in [3.05, 3.63) is 106 Å². The molecule has 0 spiro atoms. The zero-order valence-electron chi connectivity index (χ0n) is 22.1. The Hall–Kier alpha value is -3.76. The second kappa shape index (κ2) is 14.6. The van der Waals surface area contributed by atoms with Crippen LogP contribution in [0.3, 0.4) is 0 Å². The summed E-state index contributed by atoms with van der Waals surface area (Å²) in [5.74, 6) is -2.89. The van der Waals surface area contributed by atoms with Crippen molar-refractivity contribution in [3.63, 3.8) is 0 Å². The molecule has 3 aromatic carbocycles. The van der Waals surface area contributed by atoms with Crippen molar-refractivity contribution >= 4 is 30.3 Å². The Morgan fingerprint density at radius 3 is 0.925 bits per heavy atom. The van der Waals surface area contributed by atoms with Crippen LogP contribution in [-0.2, 0) is 19.6 Å². The van der Waals surface area contributed by atoms with E-state index in [4.69, 9.17) is 0 Å². The van der Waals surface area contributed by atoms with E-state index in [1.165, 1.54) is 0 Å². The quantitative estimate of drug-likeness (QED) is 0.352. The lowest BCUT2D eigenvalue weighted by atomic mass is 10.1. The molecular formula is C30H34ClN3O6. The first-order valence-electron chi connectivity index (χ1n) is 12.9. The maximum atomic E-state index is 11.8. The van der Waals surface area contributed by atoms with Crippen LogP contribution in [0, 0.1) is 0 Å². The Bertz CT molecular complexity index is 1160. The van der Waals surface area contributed by atoms with E-state index in [0.29, 0.717) is 58.9 Å². The Kier molecular flexibility index (Phi) is 11.2. The number of hydrogen-bond donors (Lipinski definition) is 3. The number of aromatic carboxylic acids is 3. The normalized spacial score (nSPS) is 15.3. The lowest BCUT2D eigenvalue weighted by molar-refractivity contribution is 0.0682. The molecule has 0 saturated carbocycles. The lowest BCUT2D eigenvalue weighted by Crippen LogP contribution is -2.36. The molecule has 1 fully saturated rings. The van der Waals surface area contributed by atoms with Crippen LogP contribution >= 0.6 is 12.4 Å². The molecule has 0 atom stereocenters. The van der Waals surface area contributed by atoms with Crippen LogP contribution in [0.2, 0.25) is 0 Å². The highest BCUT2D eigenvalue weighted by Gasteiger charge is 2.21. The molecule has 1 saturated heterocycles. The summed E-state index contributed by atoms with van der Waals surface area (Å²) in [5, 5.41) is 29.0. The molecule has 1 aliphatic rings. The maximum Gasteiger partial charge on any atom is 0.336 e. The fourth-order valence-corrected chi connectivity index (χ4v) is 4.98. The third kappa shape index (κ3) is 8.12. The molecule has 0 aromatic heterocycles. The first-order valence-corrected chi connectivity index (χ1v) is 12.9. The molecule has 212 valence electrons. The van der Waals surface area contributed by atoms with Crippen molar-refractivity contribution in [2.24, 2.45) is 0 Å². The molecule has 40 heavy (non-hydrogen) atoms. The summed E-state index contributed by atoms with van der Waals surface area (Å²) in [6.45, 7) is 5.40. The number of hydrogen-bond acceptors (Lipinski definition) is 6. The van der Waals surface area contributed by atoms with Crippen molar-refractivity contribution in [2.45, 2.75) is 19.6 Å². The summed E-state index contributed by atoms with van der Waals surface area (Å²) in [5.41, 5.74) is 3.02. The first kappa shape index (κ1) is 30.8. The zero-order valence-corrected chi connectivity index (χ0v) is 22.9. The molecule has 1 aliphatic heterocycles. The SMILES string of the molecule is Cl.O=C(O)c1ccccc1CN1CCN(Cc2ccccc2C(=O)O)CCN(Cc2ccccc2C(=O)O)CC1. The molecule has 10 heteroatoms. The second-order valence-electron chi connectivity index (χ2n) is 9.72. The van der Waals surface area contributed by atoms with Crippen molar-refractivity contribution in [3.8, 4) is 0 Å². The van der Waals surface area contributed by atoms with Gasteiger partial charge in [0.1, 0.15) is 0 Å². The molecule has 9 nitrogen and oxygen atoms in total. The fourth-order valence-electron chi connectivity index (χ4n) is 4.98. The minimum atomic E-state index is -0.964. The molecule has 0 amide bonds. The Morgan fingerprint density at radius 1 is 0.475 bits per heavy atom. The molecular weight excluding hydrogens is 534 g/mol. The van der Waals surface area contributed by atoms with Gasteiger partial charge < -0.3 is 15.3 Å². The van der Waals surface area contributed by atoms with Crippen LogP contribution < -0.4 is 0 Å². The average Bonchev–Trinajstić information content (AvgIpc) is 3.01. The minimum Gasteiger partial charge on any atom is -0.478 e. The summed E-state index contributed by atoms with van der Waals surface area (Å²) in [6.07, 6.45) is 0. The van der Waals surface area contributed by atoms with E-state index in [9.17, 15) is 29.7 Å². The van der Waals surface area contributed by atoms with Gasteiger partial charge in [-0.3, -0.25) is 14.7 Å². The van der Waals surface area contributed by atoms with Crippen molar-refractivity contribution < 1.29 is 29.7 Å². The molecule has 3 N–H and O–H groups in total. The Morgan fingerprint density at radius 2 is 0.700 bits per heavy atom. The molecule has 1 heterocycles. The monoisotopic (exact) mass is 567 g/mol. The summed E-state index contributed by atoms with van der Waals surface area (Å²) >= 11 is 0. The van der Waals surface area contributed by atoms with Crippen molar-refractivity contribution in [2.75, 3.05) is 39.3 Å². The zero-order chi connectivity index (χ0) is 27.8. The topological polar surface area (TPSA) is 122 Å². The summed E-state index contributed by atoms with van der Waals surface area (Å²) < 4.78 is 0. The summed E-state index contributed by atoms with van der Waals surface area (Å²) in [7, 11) is 0. The minimum absolute atomic E-state index is 0. The van der Waals surface area contributed by atoms with Crippen molar-refractivity contribution in [1.82, 2.24) is 14.7 Å². The predicted octanol–water partition coefficient (Wildman–Crippen LogP) is 4.02. The van der Waals surface area contributed by atoms with Crippen LogP contribution in [0.5, 0.6) is 0 Å². The second-order valence-corrected chi connectivity index (χ2v) is 9.72. The van der Waals surface area contributed by atoms with Crippen LogP contribution in [0.25, 0.3) is 0 Å². The van der Waals surface area contributed by atoms with E-state index in [-0.39, 0.29) is 29.1 Å². The number of nitrogens with zero attached hydrogens (tertiary/aromatic N) is 3. The predicted molar refractivity (Wildman–Crippen MR) is 153 cm³/mol. The highest BCUT2D eigenvalue weighted by Crippen LogP contribution is 2.17. The highest BCUT2D eigenvalue weighted by molar-refractivity contribution is 5.90. The number of carboxylic acid groups (broad SMARTS) is 3. The van der Waals surface area contributed by atoms with E-state index in [1.54, 1.807) is 36.4 Å². The summed E-state index contributed by atoms with van der Waals surface area (Å²) in [4.78, 5) is 42.0. The van der Waals surface area contributed by atoms with E-state index in [1.807, 2.05) is 36.4 Å². The number of carbonyl (C=O) groups is 3. The van der Waals surface area contributed by atoms with Gasteiger partial charge in [0.25, 0.3) is 0 Å². The van der Waals surface area contributed by atoms with Crippen LogP contribution in [0.4, 0.5) is 0 Å². The average molecular weight is 568 g/mol. The first-order chi connectivity index (χ1) is 18.8. The summed E-state index contributed by atoms with van der Waals surface area (Å²) in [6, 6.07) is 21.0. The maximum absolute atomic E-state index is 11.8. The molecule has 0 bridgehead atoms. The van der Waals surface area contributed by atoms with E-state index in [2.05, 4.69) is 14.7 Å². The van der Waals surface area contributed by atoms with Gasteiger partial charge >= 0.3 is 17.9 Å². The highest BCUT2D eigenvalue weighted by atomic mass is 35.5. The van der Waals surface area contributed by atoms with Gasteiger partial charge in [-0.1, -0.05) is 54.6 Å². The Balaban J connectivity index is 0.00000441. The molecule has 0 aliphatic carbocycles. The Labute approximate surface area is 239 Å². The van der Waals surface area contributed by atoms with E-state index in [0.717, 1.165) is 16.7 Å². The standard InChI is InChI=1S/C30H33N3O6.ClH/c34-28(35)25-10-4-1-7-22(25)19-31-13-15-32(20-23-8-2-5-11-26(23)29(36)37)17-18-33(16-14-31)21-24-9-3-6-12-27(24)30(38)39;/h1-12H,13-21H2,(H,34,35)(H,36,37)(H,38,39);1H. The van der Waals surface area contributed by atoms with Crippen LogP contribution in [0.1, 0.15) is 47.8 Å². The van der Waals surface area contributed by atoms with Gasteiger partial charge in [0, 0.05) is 58.9 Å². The van der Waals surface area contributed by atoms with Crippen LogP contribution in [-0.4, -0.2) is 87.2 Å². The third-order valence-corrected chi connectivity index (χ3v) is 7.12. The van der Waals surface area contributed by atoms with Gasteiger partial charge in [0.2, 0.25) is 0 Å². The van der Waals surface area contributed by atoms with Crippen LogP contribution in [0.15, 0.2) is 72.8 Å². The van der Waals surface area contributed by atoms with Gasteiger partial charge in [-0.25, -0.2) is 14.4 Å². The van der Waals surface area contributed by atoms with Gasteiger partial charge in [-0.2, -0.15) is 0 Å². The number of benzene rings is 3. The van der Waals surface area contributed by atoms with E-state index >= 15 is 0 Å². The smallest absolute Gasteiger partial charge is 0.336 e. The molecule has 4 rings (SSSR count). The third-order valence-electron chi connectivity index (χ3n) is 7.12. The largest absolute Gasteiger partial charge is 0.478 e. The van der Waals surface area contributed by atoms with Gasteiger partial charge in [0.05, 0.1) is 16.7 Å². The van der Waals surface area contributed by atoms with Gasteiger partial charge in [-0.15, -0.1) is 12.4 Å². The fraction of sp³-hybridized carbons (Fsp3) is 0.300. The van der Waals surface area contributed by atoms with Gasteiger partial charge in [0.15, 0.2) is 0 Å². The van der Waals surface area contributed by atoms with E-state index < -0.39 is 17.9 Å². The lowest BCUT2D eigenvalue weighted by Gasteiger charge is -2.26. The molecule has 0 radical (unpaired) electrons. The molecule has 0 unspecified atom stereocenters. The molecule has 3 aromatic rings. The van der Waals surface area contributed by atoms with Crippen molar-refractivity contribution in [1.29, 1.82) is 0 Å². The number of halogens is 1. The van der Waals surface area contributed by atoms with Gasteiger partial charge in [-0.05, 0) is 34.9 Å². The number of carboxylic acids is 3. The number of rotatable bonds is 9.